The fraction of sp³-hybridized carbons (Fsp3) is 0.471. The van der Waals surface area contributed by atoms with E-state index in [-0.39, 0.29) is 12.6 Å². The first-order chi connectivity index (χ1) is 12.2. The number of rotatable bonds is 6. The fourth-order valence-corrected chi connectivity index (χ4v) is 2.95. The van der Waals surface area contributed by atoms with E-state index in [1.54, 1.807) is 41.5 Å². The normalized spacial score (nSPS) is 16.4. The molecule has 25 heavy (non-hydrogen) atoms. The molecule has 1 fully saturated rings. The van der Waals surface area contributed by atoms with Crippen LogP contribution >= 0.6 is 0 Å². The van der Waals surface area contributed by atoms with Crippen LogP contribution in [0.25, 0.3) is 5.82 Å². The lowest BCUT2D eigenvalue weighted by Gasteiger charge is -2.28. The van der Waals surface area contributed by atoms with E-state index in [2.05, 4.69) is 25.6 Å². The third-order valence-corrected chi connectivity index (χ3v) is 4.17. The highest BCUT2D eigenvalue weighted by molar-refractivity contribution is 5.90. The number of carbonyl (C=O) groups excluding carboxylic acids is 1. The number of hydrogen-bond donors (Lipinski definition) is 3. The van der Waals surface area contributed by atoms with Gasteiger partial charge in [0.1, 0.15) is 0 Å². The lowest BCUT2D eigenvalue weighted by atomic mass is 10.1. The lowest BCUT2D eigenvalue weighted by molar-refractivity contribution is 0.102. The third kappa shape index (κ3) is 5.01. The molecule has 0 radical (unpaired) electrons. The first-order valence-corrected chi connectivity index (χ1v) is 8.62. The number of hydrogen-bond acceptors (Lipinski definition) is 5. The molecular formula is C17H24N6O2. The molecule has 3 heterocycles. The smallest absolute Gasteiger partial charge is 0.319 e. The fourth-order valence-electron chi connectivity index (χ4n) is 2.95. The van der Waals surface area contributed by atoms with Crippen LogP contribution in [0.5, 0.6) is 0 Å². The van der Waals surface area contributed by atoms with Gasteiger partial charge in [-0.05, 0) is 44.1 Å². The van der Waals surface area contributed by atoms with Gasteiger partial charge in [0.05, 0.1) is 11.8 Å². The van der Waals surface area contributed by atoms with Crippen LogP contribution in [0, 0.1) is 0 Å². The van der Waals surface area contributed by atoms with Gasteiger partial charge in [0.25, 0.3) is 0 Å². The monoisotopic (exact) mass is 344 g/mol. The number of anilines is 1. The van der Waals surface area contributed by atoms with E-state index in [0.29, 0.717) is 18.1 Å². The van der Waals surface area contributed by atoms with E-state index >= 15 is 0 Å². The number of pyridine rings is 1. The molecule has 8 nitrogen and oxygen atoms in total. The summed E-state index contributed by atoms with van der Waals surface area (Å²) in [5, 5.41) is 19.7. The largest absolute Gasteiger partial charge is 0.390 e. The molecule has 3 N–H and O–H groups in total. The number of amides is 2. The maximum Gasteiger partial charge on any atom is 0.319 e. The van der Waals surface area contributed by atoms with Crippen molar-refractivity contribution in [2.75, 3.05) is 31.5 Å². The molecule has 2 amide bonds. The van der Waals surface area contributed by atoms with E-state index in [1.165, 1.54) is 19.3 Å². The molecule has 134 valence electrons. The zero-order chi connectivity index (χ0) is 17.5. The predicted octanol–water partition coefficient (Wildman–Crippen LogP) is 1.24. The van der Waals surface area contributed by atoms with Crippen molar-refractivity contribution >= 4 is 11.7 Å². The number of aliphatic hydroxyl groups is 1. The van der Waals surface area contributed by atoms with E-state index in [4.69, 9.17) is 0 Å². The Morgan fingerprint density at radius 3 is 2.84 bits per heavy atom. The Bertz CT molecular complexity index is 670. The summed E-state index contributed by atoms with van der Waals surface area (Å²) in [5.41, 5.74) is 0.550. The summed E-state index contributed by atoms with van der Waals surface area (Å²) in [6.07, 6.45) is 8.08. The number of carbonyl (C=O) groups is 1. The van der Waals surface area contributed by atoms with Gasteiger partial charge >= 0.3 is 6.03 Å². The van der Waals surface area contributed by atoms with Gasteiger partial charge < -0.3 is 20.6 Å². The van der Waals surface area contributed by atoms with Gasteiger partial charge in [-0.25, -0.2) is 14.5 Å². The number of nitrogens with zero attached hydrogens (tertiary/aromatic N) is 4. The van der Waals surface area contributed by atoms with Crippen LogP contribution in [-0.4, -0.2) is 63.1 Å². The Morgan fingerprint density at radius 1 is 1.24 bits per heavy atom. The zero-order valence-corrected chi connectivity index (χ0v) is 14.1. The van der Waals surface area contributed by atoms with Gasteiger partial charge in [-0.15, -0.1) is 0 Å². The Labute approximate surface area is 146 Å². The van der Waals surface area contributed by atoms with E-state index < -0.39 is 6.10 Å². The molecular weight excluding hydrogens is 320 g/mol. The number of aromatic nitrogens is 3. The number of likely N-dealkylation sites (tertiary alicyclic amines) is 1. The SMILES string of the molecule is O=C(NCC(O)CN1CCCCC1)Nc1cccnc1-n1cccn1. The molecule has 0 aromatic carbocycles. The molecule has 0 aliphatic carbocycles. The average Bonchev–Trinajstić information content (AvgIpc) is 3.16. The van der Waals surface area contributed by atoms with E-state index in [9.17, 15) is 9.90 Å². The molecule has 2 aromatic rings. The molecule has 2 aromatic heterocycles. The van der Waals surface area contributed by atoms with Crippen molar-refractivity contribution in [1.82, 2.24) is 25.0 Å². The summed E-state index contributed by atoms with van der Waals surface area (Å²) >= 11 is 0. The van der Waals surface area contributed by atoms with Crippen molar-refractivity contribution < 1.29 is 9.90 Å². The Morgan fingerprint density at radius 2 is 2.08 bits per heavy atom. The quantitative estimate of drug-likeness (QED) is 0.733. The van der Waals surface area contributed by atoms with Gasteiger partial charge in [-0.1, -0.05) is 6.42 Å². The second kappa shape index (κ2) is 8.59. The average molecular weight is 344 g/mol. The van der Waals surface area contributed by atoms with Crippen molar-refractivity contribution in [3.8, 4) is 5.82 Å². The molecule has 1 unspecified atom stereocenters. The Kier molecular flexibility index (Phi) is 5.97. The number of nitrogens with one attached hydrogen (secondary N) is 2. The van der Waals surface area contributed by atoms with E-state index in [0.717, 1.165) is 13.1 Å². The topological polar surface area (TPSA) is 95.3 Å². The van der Waals surface area contributed by atoms with Crippen LogP contribution in [0.2, 0.25) is 0 Å². The summed E-state index contributed by atoms with van der Waals surface area (Å²) < 4.78 is 1.58. The van der Waals surface area contributed by atoms with Crippen molar-refractivity contribution in [3.05, 3.63) is 36.8 Å². The highest BCUT2D eigenvalue weighted by atomic mass is 16.3. The van der Waals surface area contributed by atoms with Crippen LogP contribution in [0.15, 0.2) is 36.8 Å². The van der Waals surface area contributed by atoms with Gasteiger partial charge in [0.2, 0.25) is 0 Å². The van der Waals surface area contributed by atoms with Gasteiger partial charge in [0, 0.05) is 31.7 Å². The van der Waals surface area contributed by atoms with Crippen LogP contribution in [0.3, 0.4) is 0 Å². The Balaban J connectivity index is 1.49. The minimum absolute atomic E-state index is 0.208. The summed E-state index contributed by atoms with van der Waals surface area (Å²) in [6.45, 7) is 2.84. The molecule has 0 saturated carbocycles. The van der Waals surface area contributed by atoms with Crippen LogP contribution in [0.4, 0.5) is 10.5 Å². The molecule has 1 atom stereocenters. The second-order valence-corrected chi connectivity index (χ2v) is 6.18. The second-order valence-electron chi connectivity index (χ2n) is 6.18. The number of piperidine rings is 1. The number of urea groups is 1. The first kappa shape index (κ1) is 17.4. The van der Waals surface area contributed by atoms with Crippen LogP contribution in [0.1, 0.15) is 19.3 Å². The molecule has 1 aliphatic rings. The standard InChI is InChI=1S/C17H24N6O2/c24-14(13-22-9-2-1-3-10-22)12-19-17(25)21-15-6-4-7-18-16(15)23-11-5-8-20-23/h4-8,11,14,24H,1-3,9-10,12-13H2,(H2,19,21,25). The summed E-state index contributed by atoms with van der Waals surface area (Å²) in [4.78, 5) is 18.6. The van der Waals surface area contributed by atoms with Gasteiger partial charge in [-0.3, -0.25) is 0 Å². The highest BCUT2D eigenvalue weighted by Gasteiger charge is 2.16. The molecule has 1 aliphatic heterocycles. The van der Waals surface area contributed by atoms with Crippen LogP contribution < -0.4 is 10.6 Å². The zero-order valence-electron chi connectivity index (χ0n) is 14.1. The minimum atomic E-state index is -0.580. The number of aliphatic hydroxyl groups excluding tert-OH is 1. The summed E-state index contributed by atoms with van der Waals surface area (Å²) in [6, 6.07) is 4.91. The highest BCUT2D eigenvalue weighted by Crippen LogP contribution is 2.15. The molecule has 0 spiro atoms. The lowest BCUT2D eigenvalue weighted by Crippen LogP contribution is -2.43. The van der Waals surface area contributed by atoms with Crippen molar-refractivity contribution in [2.24, 2.45) is 0 Å². The van der Waals surface area contributed by atoms with Crippen molar-refractivity contribution in [2.45, 2.75) is 25.4 Å². The molecule has 1 saturated heterocycles. The van der Waals surface area contributed by atoms with Crippen LogP contribution in [-0.2, 0) is 0 Å². The summed E-state index contributed by atoms with van der Waals surface area (Å²) in [7, 11) is 0. The Hall–Kier alpha value is -2.45. The summed E-state index contributed by atoms with van der Waals surface area (Å²) in [5.74, 6) is 0.538. The first-order valence-electron chi connectivity index (χ1n) is 8.62. The van der Waals surface area contributed by atoms with E-state index in [1.807, 2.05) is 0 Å². The van der Waals surface area contributed by atoms with Gasteiger partial charge in [0.15, 0.2) is 5.82 Å². The van der Waals surface area contributed by atoms with Crippen molar-refractivity contribution in [3.63, 3.8) is 0 Å². The maximum absolute atomic E-state index is 12.1. The molecule has 8 heteroatoms. The number of β-amino-alcohol motifs (C(OH)–C–C–N with tert-alkyl or cyclic N) is 1. The maximum atomic E-state index is 12.1. The minimum Gasteiger partial charge on any atom is -0.390 e. The predicted molar refractivity (Wildman–Crippen MR) is 94.7 cm³/mol. The van der Waals surface area contributed by atoms with Gasteiger partial charge in [-0.2, -0.15) is 5.10 Å². The third-order valence-electron chi connectivity index (χ3n) is 4.17. The van der Waals surface area contributed by atoms with Crippen molar-refractivity contribution in [1.29, 1.82) is 0 Å². The molecule has 0 bridgehead atoms. The molecule has 3 rings (SSSR count).